The van der Waals surface area contributed by atoms with Crippen LogP contribution >= 0.6 is 0 Å². The lowest BCUT2D eigenvalue weighted by Gasteiger charge is -2.41. The second-order valence-electron chi connectivity index (χ2n) is 15.1. The number of piperazine rings is 1. The van der Waals surface area contributed by atoms with Gasteiger partial charge in [0, 0.05) is 81.4 Å². The number of piperidine rings is 1. The molecule has 4 heterocycles. The summed E-state index contributed by atoms with van der Waals surface area (Å²) in [6.07, 6.45) is 0.721. The highest BCUT2D eigenvalue weighted by Gasteiger charge is 2.35. The fraction of sp³-hybridized carbons (Fsp3) is 0.524. The molecule has 0 saturated carbocycles. The predicted octanol–water partition coefficient (Wildman–Crippen LogP) is 7.37. The lowest BCUT2D eigenvalue weighted by Crippen LogP contribution is -2.53. The van der Waals surface area contributed by atoms with Crippen molar-refractivity contribution in [3.63, 3.8) is 0 Å². The van der Waals surface area contributed by atoms with Crippen LogP contribution in [-0.4, -0.2) is 114 Å². The highest BCUT2D eigenvalue weighted by Crippen LogP contribution is 2.34. The number of aliphatic hydroxyl groups is 1. The first-order valence-corrected chi connectivity index (χ1v) is 19.9. The number of hydrogen-bond donors (Lipinski definition) is 3. The molecule has 10 nitrogen and oxygen atoms in total. The Kier molecular flexibility index (Phi) is 15.6. The standard InChI is InChI=1S/C39H49F4N7O2.C3H5F3O/c1-5-28-21-30(46-37-26(4)50(16-13-45-37)33(6-2)32-9-10-34(52-39(42)43)36(41)35(32)40)7-8-31(28)25(3)48-17-19-49(20-18-48)38(51)29-11-14-47(15-12-29)24-27-22-44-23-27;1-2(7)3(4,5)6/h6-10,13,16,21,25,27,29,39,44H,4-5,11-12,14-15,17-20,22-24H2,1-3H3,(H,45,46);2,7H,1H3/b33-6-;. The third-order valence-corrected chi connectivity index (χ3v) is 11.3. The SMILES string of the molecule is C=C1C(Nc2ccc(C(C)N3CCN(C(=O)C4CCN(CC5CNC5)CC4)CC3)c(CC)c2)=NC=CN1/C(=C\C)c1ccc(OC(F)F)c(F)c1F.CC(O)C(F)(F)F. The average Bonchev–Trinajstić information content (AvgIpc) is 3.19. The number of carbonyl (C=O) groups excluding carboxylic acids is 1. The number of amides is 1. The fourth-order valence-electron chi connectivity index (χ4n) is 7.65. The zero-order valence-electron chi connectivity index (χ0n) is 33.8. The monoisotopic (exact) mass is 837 g/mol. The summed E-state index contributed by atoms with van der Waals surface area (Å²) in [5.74, 6) is -2.07. The van der Waals surface area contributed by atoms with Gasteiger partial charge >= 0.3 is 12.8 Å². The van der Waals surface area contributed by atoms with Gasteiger partial charge in [0.1, 0.15) is 6.10 Å². The molecule has 0 aromatic heterocycles. The van der Waals surface area contributed by atoms with Crippen LogP contribution < -0.4 is 15.4 Å². The first kappa shape index (κ1) is 45.6. The van der Waals surface area contributed by atoms with Crippen molar-refractivity contribution in [3.05, 3.63) is 89.4 Å². The van der Waals surface area contributed by atoms with Crippen molar-refractivity contribution in [1.82, 2.24) is 24.9 Å². The van der Waals surface area contributed by atoms with Gasteiger partial charge in [0.2, 0.25) is 11.7 Å². The molecule has 2 unspecified atom stereocenters. The van der Waals surface area contributed by atoms with E-state index in [2.05, 4.69) is 67.6 Å². The van der Waals surface area contributed by atoms with E-state index in [0.29, 0.717) is 24.4 Å². The molecule has 2 atom stereocenters. The van der Waals surface area contributed by atoms with Crippen LogP contribution in [0.3, 0.4) is 0 Å². The molecular weight excluding hydrogens is 783 g/mol. The quantitative estimate of drug-likeness (QED) is 0.202. The number of halogens is 7. The largest absolute Gasteiger partial charge is 0.432 e. The van der Waals surface area contributed by atoms with Crippen LogP contribution in [0.15, 0.2) is 66.1 Å². The molecule has 4 aliphatic rings. The van der Waals surface area contributed by atoms with Crippen molar-refractivity contribution >= 4 is 23.1 Å². The second-order valence-corrected chi connectivity index (χ2v) is 15.1. The number of amidine groups is 1. The fourth-order valence-corrected chi connectivity index (χ4v) is 7.65. The van der Waals surface area contributed by atoms with Gasteiger partial charge in [-0.15, -0.1) is 0 Å². The summed E-state index contributed by atoms with van der Waals surface area (Å²) in [4.78, 5) is 26.5. The molecule has 17 heteroatoms. The van der Waals surface area contributed by atoms with Crippen LogP contribution in [0.2, 0.25) is 0 Å². The number of hydrogen-bond acceptors (Lipinski definition) is 9. The molecule has 0 spiro atoms. The van der Waals surface area contributed by atoms with Gasteiger partial charge in [-0.05, 0) is 94.4 Å². The topological polar surface area (TPSA) is 95.9 Å². The first-order chi connectivity index (χ1) is 28.0. The van der Waals surface area contributed by atoms with Crippen molar-refractivity contribution in [1.29, 1.82) is 0 Å². The van der Waals surface area contributed by atoms with Crippen molar-refractivity contribution < 1.29 is 45.4 Å². The number of alkyl halides is 5. The van der Waals surface area contributed by atoms with Crippen LogP contribution in [0, 0.1) is 23.5 Å². The van der Waals surface area contributed by atoms with E-state index in [1.54, 1.807) is 24.1 Å². The molecule has 6 rings (SSSR count). The highest BCUT2D eigenvalue weighted by molar-refractivity contribution is 6.09. The van der Waals surface area contributed by atoms with Crippen LogP contribution in [-0.2, 0) is 11.2 Å². The minimum Gasteiger partial charge on any atom is -0.432 e. The Hall–Kier alpha value is -4.45. The van der Waals surface area contributed by atoms with E-state index in [4.69, 9.17) is 5.11 Å². The third kappa shape index (κ3) is 11.4. The number of aryl methyl sites for hydroxylation is 1. The molecule has 3 N–H and O–H groups in total. The van der Waals surface area contributed by atoms with Crippen LogP contribution in [0.25, 0.3) is 5.70 Å². The third-order valence-electron chi connectivity index (χ3n) is 11.3. The lowest BCUT2D eigenvalue weighted by atomic mass is 9.93. The number of nitrogens with one attached hydrogen (secondary N) is 2. The van der Waals surface area contributed by atoms with Crippen molar-refractivity contribution in [2.75, 3.05) is 64.2 Å². The van der Waals surface area contributed by atoms with E-state index in [1.807, 2.05) is 6.07 Å². The van der Waals surface area contributed by atoms with Gasteiger partial charge in [0.05, 0.1) is 11.4 Å². The first-order valence-electron chi connectivity index (χ1n) is 19.9. The molecule has 0 radical (unpaired) electrons. The Morgan fingerprint density at radius 3 is 2.27 bits per heavy atom. The summed E-state index contributed by atoms with van der Waals surface area (Å²) in [6.45, 7) is 16.1. The molecule has 3 saturated heterocycles. The number of benzene rings is 2. The van der Waals surface area contributed by atoms with Crippen molar-refractivity contribution in [3.8, 4) is 5.75 Å². The Labute approximate surface area is 341 Å². The Balaban J connectivity index is 0.000000867. The summed E-state index contributed by atoms with van der Waals surface area (Å²) >= 11 is 0. The second kappa shape index (κ2) is 20.2. The molecule has 2 aromatic rings. The lowest BCUT2D eigenvalue weighted by molar-refractivity contribution is -0.197. The van der Waals surface area contributed by atoms with Gasteiger partial charge in [0.15, 0.2) is 17.4 Å². The number of aliphatic hydroxyl groups excluding tert-OH is 1. The van der Waals surface area contributed by atoms with Crippen LogP contribution in [0.4, 0.5) is 36.4 Å². The predicted molar refractivity (Wildman–Crippen MR) is 213 cm³/mol. The molecule has 59 heavy (non-hydrogen) atoms. The number of ether oxygens (including phenoxy) is 1. The number of rotatable bonds is 11. The number of carbonyl (C=O) groups is 1. The van der Waals surface area contributed by atoms with Gasteiger partial charge in [0.25, 0.3) is 0 Å². The summed E-state index contributed by atoms with van der Waals surface area (Å²) in [5, 5.41) is 14.4. The molecule has 3 fully saturated rings. The minimum absolute atomic E-state index is 0.134. The maximum absolute atomic E-state index is 15.1. The molecule has 324 valence electrons. The zero-order chi connectivity index (χ0) is 43.0. The number of allylic oxidation sites excluding steroid dienone is 1. The van der Waals surface area contributed by atoms with Crippen molar-refractivity contribution in [2.24, 2.45) is 16.8 Å². The van der Waals surface area contributed by atoms with Gasteiger partial charge < -0.3 is 35.2 Å². The normalized spacial score (nSPS) is 19.8. The maximum atomic E-state index is 15.1. The van der Waals surface area contributed by atoms with Crippen molar-refractivity contribution in [2.45, 2.75) is 71.9 Å². The van der Waals surface area contributed by atoms with E-state index in [0.717, 1.165) is 95.8 Å². The summed E-state index contributed by atoms with van der Waals surface area (Å²) < 4.78 is 91.9. The highest BCUT2D eigenvalue weighted by atomic mass is 19.4. The maximum Gasteiger partial charge on any atom is 0.414 e. The molecule has 4 aliphatic heterocycles. The Morgan fingerprint density at radius 2 is 1.71 bits per heavy atom. The van der Waals surface area contributed by atoms with E-state index in [1.165, 1.54) is 23.4 Å². The van der Waals surface area contributed by atoms with Gasteiger partial charge in [-0.2, -0.15) is 26.3 Å². The number of aliphatic imine (C=N–C) groups is 1. The average molecular weight is 838 g/mol. The van der Waals surface area contributed by atoms with Gasteiger partial charge in [-0.3, -0.25) is 9.69 Å². The minimum atomic E-state index is -4.44. The number of anilines is 1. The summed E-state index contributed by atoms with van der Waals surface area (Å²) in [6, 6.07) is 8.53. The number of likely N-dealkylation sites (tertiary alicyclic amines) is 1. The Bertz CT molecular complexity index is 1870. The summed E-state index contributed by atoms with van der Waals surface area (Å²) in [5.41, 5.74) is 3.67. The van der Waals surface area contributed by atoms with E-state index in [-0.39, 0.29) is 23.2 Å². The molecule has 1 amide bonds. The van der Waals surface area contributed by atoms with Gasteiger partial charge in [-0.25, -0.2) is 9.38 Å². The van der Waals surface area contributed by atoms with Crippen LogP contribution in [0.1, 0.15) is 63.3 Å². The molecule has 2 aromatic carbocycles. The number of nitrogens with zero attached hydrogens (tertiary/aromatic N) is 5. The smallest absolute Gasteiger partial charge is 0.414 e. The molecular formula is C42H54F7N7O3. The van der Waals surface area contributed by atoms with E-state index < -0.39 is 36.3 Å². The van der Waals surface area contributed by atoms with Gasteiger partial charge in [-0.1, -0.05) is 25.6 Å². The molecule has 0 bridgehead atoms. The van der Waals surface area contributed by atoms with E-state index in [9.17, 15) is 31.1 Å². The Morgan fingerprint density at radius 1 is 1.05 bits per heavy atom. The van der Waals surface area contributed by atoms with E-state index >= 15 is 4.39 Å². The van der Waals surface area contributed by atoms with Crippen LogP contribution in [0.5, 0.6) is 5.75 Å². The molecule has 0 aliphatic carbocycles. The summed E-state index contributed by atoms with van der Waals surface area (Å²) in [7, 11) is 0. The zero-order valence-corrected chi connectivity index (χ0v) is 33.8.